The number of hydrogen-bond donors (Lipinski definition) is 1. The number of nitrogens with two attached hydrogens (primary N) is 1. The first-order valence-corrected chi connectivity index (χ1v) is 7.30. The molecule has 0 saturated heterocycles. The number of anilines is 1. The number of aromatic nitrogens is 1. The van der Waals surface area contributed by atoms with Crippen LogP contribution in [0.25, 0.3) is 0 Å². The summed E-state index contributed by atoms with van der Waals surface area (Å²) in [4.78, 5) is 3.63. The zero-order valence-corrected chi connectivity index (χ0v) is 11.2. The molecule has 19 heavy (non-hydrogen) atoms. The molecule has 2 N–H and O–H groups in total. The van der Waals surface area contributed by atoms with Crippen LogP contribution in [0.2, 0.25) is 5.02 Å². The lowest BCUT2D eigenvalue weighted by Crippen LogP contribution is -2.09. The topological polar surface area (TPSA) is 73.0 Å². The van der Waals surface area contributed by atoms with Crippen LogP contribution in [0.1, 0.15) is 5.56 Å². The number of pyridine rings is 1. The van der Waals surface area contributed by atoms with E-state index in [-0.39, 0.29) is 21.2 Å². The van der Waals surface area contributed by atoms with Crippen LogP contribution in [0.5, 0.6) is 0 Å². The van der Waals surface area contributed by atoms with Gasteiger partial charge in [0.15, 0.2) is 9.84 Å². The van der Waals surface area contributed by atoms with Crippen molar-refractivity contribution >= 4 is 27.1 Å². The molecule has 1 aromatic heterocycles. The first kappa shape index (κ1) is 13.8. The molecular formula is C12H10ClFN2O2S. The standard InChI is InChI=1S/C12H10ClFN2O2S/c13-9-2-1-3-10(14)8(9)7-19(17,18)12-4-5-16-6-11(12)15/h1-6H,7,15H2. The van der Waals surface area contributed by atoms with E-state index in [9.17, 15) is 12.8 Å². The maximum atomic E-state index is 13.6. The lowest BCUT2D eigenvalue weighted by Gasteiger charge is -2.09. The molecule has 1 aromatic carbocycles. The third-order valence-electron chi connectivity index (χ3n) is 2.54. The molecule has 0 unspecified atom stereocenters. The molecule has 0 aliphatic carbocycles. The van der Waals surface area contributed by atoms with Gasteiger partial charge in [0.2, 0.25) is 0 Å². The predicted molar refractivity (Wildman–Crippen MR) is 70.9 cm³/mol. The summed E-state index contributed by atoms with van der Waals surface area (Å²) in [6.07, 6.45) is 2.54. The molecule has 4 nitrogen and oxygen atoms in total. The Hall–Kier alpha value is -1.66. The smallest absolute Gasteiger partial charge is 0.184 e. The van der Waals surface area contributed by atoms with E-state index in [2.05, 4.69) is 4.98 Å². The van der Waals surface area contributed by atoms with Crippen molar-refractivity contribution in [2.75, 3.05) is 5.73 Å². The third-order valence-corrected chi connectivity index (χ3v) is 4.61. The molecule has 0 amide bonds. The summed E-state index contributed by atoms with van der Waals surface area (Å²) in [5, 5.41) is 0.0659. The van der Waals surface area contributed by atoms with Crippen LogP contribution in [0.3, 0.4) is 0 Å². The Morgan fingerprint density at radius 1 is 1.32 bits per heavy atom. The molecule has 7 heteroatoms. The minimum absolute atomic E-state index is 0.0231. The van der Waals surface area contributed by atoms with E-state index in [4.69, 9.17) is 17.3 Å². The quantitative estimate of drug-likeness (QED) is 0.945. The Bertz CT molecular complexity index is 699. The third kappa shape index (κ3) is 2.85. The molecular weight excluding hydrogens is 291 g/mol. The molecule has 0 radical (unpaired) electrons. The molecule has 0 atom stereocenters. The van der Waals surface area contributed by atoms with Crippen LogP contribution >= 0.6 is 11.6 Å². The normalized spacial score (nSPS) is 11.5. The van der Waals surface area contributed by atoms with Gasteiger partial charge >= 0.3 is 0 Å². The number of rotatable bonds is 3. The van der Waals surface area contributed by atoms with Crippen molar-refractivity contribution in [2.45, 2.75) is 10.6 Å². The summed E-state index contributed by atoms with van der Waals surface area (Å²) in [6, 6.07) is 5.28. The Balaban J connectivity index is 2.46. The van der Waals surface area contributed by atoms with Crippen molar-refractivity contribution in [2.24, 2.45) is 0 Å². The van der Waals surface area contributed by atoms with Gasteiger partial charge in [-0.25, -0.2) is 12.8 Å². The summed E-state index contributed by atoms with van der Waals surface area (Å²) in [5.41, 5.74) is 5.52. The van der Waals surface area contributed by atoms with Crippen LogP contribution in [0.15, 0.2) is 41.6 Å². The summed E-state index contributed by atoms with van der Waals surface area (Å²) in [5.74, 6) is -1.21. The van der Waals surface area contributed by atoms with E-state index in [1.165, 1.54) is 30.6 Å². The molecule has 1 heterocycles. The summed E-state index contributed by atoms with van der Waals surface area (Å²) in [6.45, 7) is 0. The van der Waals surface area contributed by atoms with Gasteiger partial charge in [0, 0.05) is 16.8 Å². The number of benzene rings is 1. The van der Waals surface area contributed by atoms with Gasteiger partial charge < -0.3 is 5.73 Å². The Morgan fingerprint density at radius 2 is 2.05 bits per heavy atom. The maximum Gasteiger partial charge on any atom is 0.184 e. The minimum atomic E-state index is -3.78. The lowest BCUT2D eigenvalue weighted by molar-refractivity contribution is 0.587. The van der Waals surface area contributed by atoms with Gasteiger partial charge in [-0.3, -0.25) is 4.98 Å². The van der Waals surface area contributed by atoms with Crippen molar-refractivity contribution in [1.82, 2.24) is 4.98 Å². The predicted octanol–water partition coefficient (Wildman–Crippen LogP) is 2.43. The van der Waals surface area contributed by atoms with E-state index < -0.39 is 21.4 Å². The second kappa shape index (κ2) is 5.14. The number of hydrogen-bond acceptors (Lipinski definition) is 4. The van der Waals surface area contributed by atoms with Gasteiger partial charge in [0.25, 0.3) is 0 Å². The molecule has 100 valence electrons. The Morgan fingerprint density at radius 3 is 2.68 bits per heavy atom. The summed E-state index contributed by atoms with van der Waals surface area (Å²) >= 11 is 5.81. The second-order valence-corrected chi connectivity index (χ2v) is 6.24. The van der Waals surface area contributed by atoms with Gasteiger partial charge in [-0.05, 0) is 18.2 Å². The summed E-state index contributed by atoms with van der Waals surface area (Å²) in [7, 11) is -3.78. The number of sulfone groups is 1. The van der Waals surface area contributed by atoms with E-state index in [1.54, 1.807) is 0 Å². The fourth-order valence-corrected chi connectivity index (χ4v) is 3.43. The van der Waals surface area contributed by atoms with Crippen LogP contribution < -0.4 is 5.73 Å². The fourth-order valence-electron chi connectivity index (χ4n) is 1.62. The van der Waals surface area contributed by atoms with Crippen molar-refractivity contribution < 1.29 is 12.8 Å². The highest BCUT2D eigenvalue weighted by molar-refractivity contribution is 7.90. The van der Waals surface area contributed by atoms with E-state index >= 15 is 0 Å². The average Bonchev–Trinajstić information content (AvgIpc) is 2.34. The van der Waals surface area contributed by atoms with Crippen molar-refractivity contribution in [3.63, 3.8) is 0 Å². The minimum Gasteiger partial charge on any atom is -0.396 e. The molecule has 0 saturated carbocycles. The zero-order valence-electron chi connectivity index (χ0n) is 9.68. The van der Waals surface area contributed by atoms with E-state index in [0.29, 0.717) is 0 Å². The highest BCUT2D eigenvalue weighted by Crippen LogP contribution is 2.26. The van der Waals surface area contributed by atoms with Crippen molar-refractivity contribution in [3.8, 4) is 0 Å². The van der Waals surface area contributed by atoms with Gasteiger partial charge in [0.05, 0.1) is 22.5 Å². The Labute approximate surface area is 115 Å². The van der Waals surface area contributed by atoms with Crippen LogP contribution in [0.4, 0.5) is 10.1 Å². The number of nitrogen functional groups attached to an aromatic ring is 1. The molecule has 2 aromatic rings. The number of halogens is 2. The molecule has 0 spiro atoms. The van der Waals surface area contributed by atoms with Gasteiger partial charge in [-0.15, -0.1) is 0 Å². The molecule has 0 aliphatic rings. The van der Waals surface area contributed by atoms with Gasteiger partial charge in [-0.1, -0.05) is 17.7 Å². The summed E-state index contributed by atoms with van der Waals surface area (Å²) < 4.78 is 38.0. The van der Waals surface area contributed by atoms with E-state index in [0.717, 1.165) is 6.07 Å². The van der Waals surface area contributed by atoms with Crippen LogP contribution in [-0.4, -0.2) is 13.4 Å². The molecule has 0 aliphatic heterocycles. The molecule has 0 bridgehead atoms. The monoisotopic (exact) mass is 300 g/mol. The molecule has 2 rings (SSSR count). The van der Waals surface area contributed by atoms with Crippen molar-refractivity contribution in [1.29, 1.82) is 0 Å². The largest absolute Gasteiger partial charge is 0.396 e. The molecule has 0 fully saturated rings. The first-order valence-electron chi connectivity index (χ1n) is 5.27. The number of nitrogens with zero attached hydrogens (tertiary/aromatic N) is 1. The highest BCUT2D eigenvalue weighted by atomic mass is 35.5. The average molecular weight is 301 g/mol. The van der Waals surface area contributed by atoms with Crippen LogP contribution in [-0.2, 0) is 15.6 Å². The van der Waals surface area contributed by atoms with Gasteiger partial charge in [-0.2, -0.15) is 0 Å². The van der Waals surface area contributed by atoms with Crippen LogP contribution in [0, 0.1) is 5.82 Å². The lowest BCUT2D eigenvalue weighted by atomic mass is 10.2. The van der Waals surface area contributed by atoms with Gasteiger partial charge in [0.1, 0.15) is 5.82 Å². The first-order chi connectivity index (χ1) is 8.92. The maximum absolute atomic E-state index is 13.6. The zero-order chi connectivity index (χ0) is 14.0. The SMILES string of the molecule is Nc1cnccc1S(=O)(=O)Cc1c(F)cccc1Cl. The fraction of sp³-hybridized carbons (Fsp3) is 0.0833. The Kier molecular flexibility index (Phi) is 3.73. The highest BCUT2D eigenvalue weighted by Gasteiger charge is 2.21. The van der Waals surface area contributed by atoms with Crippen molar-refractivity contribution in [3.05, 3.63) is 53.1 Å². The second-order valence-electron chi connectivity index (χ2n) is 3.87. The van der Waals surface area contributed by atoms with E-state index in [1.807, 2.05) is 0 Å².